The molecule has 2 aliphatic rings. The van der Waals surface area contributed by atoms with Gasteiger partial charge in [-0.2, -0.15) is 0 Å². The van der Waals surface area contributed by atoms with Gasteiger partial charge in [0.25, 0.3) is 5.91 Å². The summed E-state index contributed by atoms with van der Waals surface area (Å²) < 4.78 is 13.1. The molecule has 0 aliphatic carbocycles. The van der Waals surface area contributed by atoms with Crippen LogP contribution in [-0.4, -0.2) is 46.4 Å². The van der Waals surface area contributed by atoms with Crippen LogP contribution in [0.5, 0.6) is 0 Å². The molecular formula is C23H25FN4O3. The number of anilines is 1. The molecule has 1 spiro atoms. The molecule has 2 saturated heterocycles. The average molecular weight is 424 g/mol. The Kier molecular flexibility index (Phi) is 5.39. The average Bonchev–Trinajstić information content (AvgIpc) is 2.96. The van der Waals surface area contributed by atoms with Crippen molar-refractivity contribution >= 4 is 23.7 Å². The number of imide groups is 1. The van der Waals surface area contributed by atoms with Gasteiger partial charge >= 0.3 is 12.1 Å². The van der Waals surface area contributed by atoms with Crippen LogP contribution >= 0.6 is 0 Å². The van der Waals surface area contributed by atoms with Gasteiger partial charge in [-0.15, -0.1) is 0 Å². The molecule has 2 fully saturated rings. The number of carbonyl (C=O) groups is 3. The van der Waals surface area contributed by atoms with E-state index in [1.807, 2.05) is 32.0 Å². The Morgan fingerprint density at radius 2 is 1.77 bits per heavy atom. The zero-order chi connectivity index (χ0) is 22.2. The van der Waals surface area contributed by atoms with Crippen molar-refractivity contribution in [3.63, 3.8) is 0 Å². The summed E-state index contributed by atoms with van der Waals surface area (Å²) in [5, 5.41) is 5.76. The van der Waals surface area contributed by atoms with E-state index in [2.05, 4.69) is 10.6 Å². The van der Waals surface area contributed by atoms with Gasteiger partial charge in [0.05, 0.1) is 6.54 Å². The van der Waals surface area contributed by atoms with E-state index in [9.17, 15) is 18.8 Å². The van der Waals surface area contributed by atoms with E-state index in [0.717, 1.165) is 16.8 Å². The fourth-order valence-electron chi connectivity index (χ4n) is 4.17. The van der Waals surface area contributed by atoms with Crippen LogP contribution in [0.1, 0.15) is 29.5 Å². The Morgan fingerprint density at radius 1 is 1.10 bits per heavy atom. The number of aryl methyl sites for hydroxylation is 2. The molecule has 0 unspecified atom stereocenters. The lowest BCUT2D eigenvalue weighted by molar-refractivity contribution is -0.133. The lowest BCUT2D eigenvalue weighted by Crippen LogP contribution is -2.56. The minimum absolute atomic E-state index is 0.0869. The third kappa shape index (κ3) is 4.10. The number of amides is 5. The number of carbonyl (C=O) groups excluding carboxylic acids is 3. The van der Waals surface area contributed by atoms with Gasteiger partial charge in [-0.1, -0.05) is 29.8 Å². The molecule has 0 aromatic heterocycles. The monoisotopic (exact) mass is 424 g/mol. The number of nitrogens with zero attached hydrogens (tertiary/aromatic N) is 2. The number of benzene rings is 2. The van der Waals surface area contributed by atoms with E-state index >= 15 is 0 Å². The maximum atomic E-state index is 13.1. The van der Waals surface area contributed by atoms with Crippen LogP contribution in [0.2, 0.25) is 0 Å². The number of likely N-dealkylation sites (tertiary alicyclic amines) is 1. The molecule has 4 rings (SSSR count). The first-order valence-electron chi connectivity index (χ1n) is 10.3. The number of nitrogens with one attached hydrogen (secondary N) is 2. The summed E-state index contributed by atoms with van der Waals surface area (Å²) in [6.07, 6.45) is 0.690. The molecule has 2 aromatic rings. The van der Waals surface area contributed by atoms with Gasteiger partial charge in [-0.3, -0.25) is 9.69 Å². The molecule has 0 atom stereocenters. The highest BCUT2D eigenvalue weighted by Crippen LogP contribution is 2.31. The Morgan fingerprint density at radius 3 is 2.42 bits per heavy atom. The Balaban J connectivity index is 1.39. The number of hydrogen-bond acceptors (Lipinski definition) is 3. The van der Waals surface area contributed by atoms with Gasteiger partial charge in [0, 0.05) is 18.8 Å². The van der Waals surface area contributed by atoms with Crippen molar-refractivity contribution in [3.05, 3.63) is 65.0 Å². The van der Waals surface area contributed by atoms with E-state index in [1.54, 1.807) is 17.0 Å². The van der Waals surface area contributed by atoms with Crippen LogP contribution in [0, 0.1) is 19.7 Å². The first-order chi connectivity index (χ1) is 14.8. The number of hydrogen-bond donors (Lipinski definition) is 2. The molecule has 2 aliphatic heterocycles. The molecule has 0 radical (unpaired) electrons. The first-order valence-corrected chi connectivity index (χ1v) is 10.3. The third-order valence-corrected chi connectivity index (χ3v) is 6.03. The standard InChI is InChI=1S/C23H25FN4O3/c1-15-3-8-19(16(2)13-15)25-21(30)27-11-9-23(10-12-27)20(29)28(22(31)26-23)14-17-4-6-18(24)7-5-17/h3-8,13H,9-12,14H2,1-2H3,(H,25,30)(H,26,31). The van der Waals surface area contributed by atoms with Gasteiger partial charge in [0.2, 0.25) is 0 Å². The lowest BCUT2D eigenvalue weighted by Gasteiger charge is -2.37. The quantitative estimate of drug-likeness (QED) is 0.740. The highest BCUT2D eigenvalue weighted by molar-refractivity contribution is 6.07. The highest BCUT2D eigenvalue weighted by atomic mass is 19.1. The van der Waals surface area contributed by atoms with Gasteiger partial charge in [-0.05, 0) is 56.0 Å². The minimum Gasteiger partial charge on any atom is -0.324 e. The van der Waals surface area contributed by atoms with Crippen molar-refractivity contribution in [1.82, 2.24) is 15.1 Å². The van der Waals surface area contributed by atoms with Crippen molar-refractivity contribution in [2.24, 2.45) is 0 Å². The molecule has 8 heteroatoms. The molecule has 2 aromatic carbocycles. The normalized spacial score (nSPS) is 17.8. The number of halogens is 1. The summed E-state index contributed by atoms with van der Waals surface area (Å²) in [7, 11) is 0. The van der Waals surface area contributed by atoms with E-state index < -0.39 is 11.6 Å². The summed E-state index contributed by atoms with van der Waals surface area (Å²) in [5.41, 5.74) is 2.54. The summed E-state index contributed by atoms with van der Waals surface area (Å²) in [6, 6.07) is 10.9. The van der Waals surface area contributed by atoms with E-state index in [0.29, 0.717) is 31.5 Å². The summed E-state index contributed by atoms with van der Waals surface area (Å²) in [4.78, 5) is 41.0. The Hall–Kier alpha value is -3.42. The molecule has 2 heterocycles. The molecule has 5 amide bonds. The fraction of sp³-hybridized carbons (Fsp3) is 0.348. The van der Waals surface area contributed by atoms with Gasteiger partial charge in [0.1, 0.15) is 11.4 Å². The SMILES string of the molecule is Cc1ccc(NC(=O)N2CCC3(CC2)NC(=O)N(Cc2ccc(F)cc2)C3=O)c(C)c1. The Labute approximate surface area is 180 Å². The molecule has 2 N–H and O–H groups in total. The summed E-state index contributed by atoms with van der Waals surface area (Å²) in [5.74, 6) is -0.667. The van der Waals surface area contributed by atoms with E-state index in [4.69, 9.17) is 0 Å². The number of rotatable bonds is 3. The van der Waals surface area contributed by atoms with Gasteiger partial charge in [0.15, 0.2) is 0 Å². The van der Waals surface area contributed by atoms with Crippen LogP contribution in [-0.2, 0) is 11.3 Å². The topological polar surface area (TPSA) is 81.8 Å². The zero-order valence-corrected chi connectivity index (χ0v) is 17.6. The zero-order valence-electron chi connectivity index (χ0n) is 17.6. The first kappa shape index (κ1) is 20.8. The summed E-state index contributed by atoms with van der Waals surface area (Å²) in [6.45, 7) is 4.73. The van der Waals surface area contributed by atoms with Crippen LogP contribution < -0.4 is 10.6 Å². The second-order valence-electron chi connectivity index (χ2n) is 8.27. The van der Waals surface area contributed by atoms with E-state index in [-0.39, 0.29) is 24.3 Å². The molecule has 0 bridgehead atoms. The fourth-order valence-corrected chi connectivity index (χ4v) is 4.17. The van der Waals surface area contributed by atoms with Crippen molar-refractivity contribution in [2.45, 2.75) is 38.8 Å². The molecule has 7 nitrogen and oxygen atoms in total. The van der Waals surface area contributed by atoms with Crippen LogP contribution in [0.15, 0.2) is 42.5 Å². The van der Waals surface area contributed by atoms with Crippen LogP contribution in [0.25, 0.3) is 0 Å². The minimum atomic E-state index is -0.992. The van der Waals surface area contributed by atoms with E-state index in [1.165, 1.54) is 17.0 Å². The van der Waals surface area contributed by atoms with Gasteiger partial charge < -0.3 is 15.5 Å². The second-order valence-corrected chi connectivity index (χ2v) is 8.27. The predicted octanol–water partition coefficient (Wildman–Crippen LogP) is 3.56. The van der Waals surface area contributed by atoms with Crippen molar-refractivity contribution in [3.8, 4) is 0 Å². The molecular weight excluding hydrogens is 399 g/mol. The smallest absolute Gasteiger partial charge is 0.324 e. The van der Waals surface area contributed by atoms with Crippen molar-refractivity contribution < 1.29 is 18.8 Å². The van der Waals surface area contributed by atoms with Crippen LogP contribution in [0.4, 0.5) is 19.7 Å². The summed E-state index contributed by atoms with van der Waals surface area (Å²) >= 11 is 0. The number of piperidine rings is 1. The van der Waals surface area contributed by atoms with Crippen molar-refractivity contribution in [1.29, 1.82) is 0 Å². The lowest BCUT2D eigenvalue weighted by atomic mass is 9.87. The molecule has 162 valence electrons. The maximum Gasteiger partial charge on any atom is 0.325 e. The van der Waals surface area contributed by atoms with Gasteiger partial charge in [-0.25, -0.2) is 14.0 Å². The number of urea groups is 2. The molecule has 0 saturated carbocycles. The van der Waals surface area contributed by atoms with Crippen LogP contribution in [0.3, 0.4) is 0 Å². The second kappa shape index (κ2) is 8.02. The predicted molar refractivity (Wildman–Crippen MR) is 114 cm³/mol. The third-order valence-electron chi connectivity index (χ3n) is 6.03. The van der Waals surface area contributed by atoms with Crippen molar-refractivity contribution in [2.75, 3.05) is 18.4 Å². The Bertz CT molecular complexity index is 1030. The highest BCUT2D eigenvalue weighted by Gasteiger charge is 2.52. The molecule has 31 heavy (non-hydrogen) atoms. The maximum absolute atomic E-state index is 13.1. The largest absolute Gasteiger partial charge is 0.325 e.